The molecule has 0 saturated carbocycles. The number of benzene rings is 2. The molecule has 3 rings (SSSR count). The van der Waals surface area contributed by atoms with Gasteiger partial charge in [-0.15, -0.1) is 0 Å². The van der Waals surface area contributed by atoms with Crippen LogP contribution in [0.5, 0.6) is 0 Å². The number of aryl methyl sites for hydroxylation is 1. The van der Waals surface area contributed by atoms with Crippen LogP contribution in [0.3, 0.4) is 0 Å². The van der Waals surface area contributed by atoms with Crippen molar-refractivity contribution in [2.24, 2.45) is 0 Å². The second-order valence-electron chi connectivity index (χ2n) is 5.99. The van der Waals surface area contributed by atoms with Crippen molar-refractivity contribution >= 4 is 17.7 Å². The summed E-state index contributed by atoms with van der Waals surface area (Å²) in [5, 5.41) is 17.8. The van der Waals surface area contributed by atoms with Crippen molar-refractivity contribution in [1.82, 2.24) is 9.78 Å². The van der Waals surface area contributed by atoms with Gasteiger partial charge in [0.05, 0.1) is 11.4 Å². The molecule has 3 aromatic rings. The minimum atomic E-state index is -1.30. The summed E-state index contributed by atoms with van der Waals surface area (Å²) in [7, 11) is 0. The number of rotatable bonds is 6. The van der Waals surface area contributed by atoms with Gasteiger partial charge in [-0.3, -0.25) is 4.79 Å². The average molecular weight is 366 g/mol. The van der Waals surface area contributed by atoms with E-state index in [1.54, 1.807) is 19.1 Å². The van der Waals surface area contributed by atoms with Crippen LogP contribution >= 0.6 is 0 Å². The van der Waals surface area contributed by atoms with Crippen LogP contribution in [0.15, 0.2) is 54.6 Å². The minimum Gasteiger partial charge on any atom is -0.550 e. The van der Waals surface area contributed by atoms with E-state index in [-0.39, 0.29) is 12.8 Å². The number of aromatic nitrogens is 2. The maximum Gasteiger partial charge on any atom is 0.225 e. The first kappa shape index (κ1) is 18.3. The molecule has 0 spiro atoms. The van der Waals surface area contributed by atoms with Gasteiger partial charge in [0.25, 0.3) is 0 Å². The van der Waals surface area contributed by atoms with Crippen LogP contribution in [0.2, 0.25) is 0 Å². The summed E-state index contributed by atoms with van der Waals surface area (Å²) in [5.41, 5.74) is 2.59. The van der Waals surface area contributed by atoms with Crippen LogP contribution < -0.4 is 10.4 Å². The smallest absolute Gasteiger partial charge is 0.225 e. The molecular formula is C20H17FN3O3-. The SMILES string of the molecule is Cc1nn(-c2cccc(F)c2)c(NC(=O)CCC(=O)[O-])c1-c1ccccc1. The highest BCUT2D eigenvalue weighted by Gasteiger charge is 2.20. The predicted molar refractivity (Wildman–Crippen MR) is 96.6 cm³/mol. The van der Waals surface area contributed by atoms with E-state index in [4.69, 9.17) is 0 Å². The highest BCUT2D eigenvalue weighted by molar-refractivity contribution is 5.96. The number of hydrogen-bond acceptors (Lipinski definition) is 4. The predicted octanol–water partition coefficient (Wildman–Crippen LogP) is 2.46. The Balaban J connectivity index is 2.08. The van der Waals surface area contributed by atoms with Crippen molar-refractivity contribution in [3.63, 3.8) is 0 Å². The molecule has 0 fully saturated rings. The molecule has 1 N–H and O–H groups in total. The molecule has 0 unspecified atom stereocenters. The van der Waals surface area contributed by atoms with Crippen molar-refractivity contribution in [3.05, 3.63) is 66.1 Å². The number of amides is 1. The fourth-order valence-electron chi connectivity index (χ4n) is 2.80. The molecule has 1 heterocycles. The van der Waals surface area contributed by atoms with Crippen molar-refractivity contribution in [1.29, 1.82) is 0 Å². The lowest BCUT2D eigenvalue weighted by atomic mass is 10.1. The summed E-state index contributed by atoms with van der Waals surface area (Å²) in [6, 6.07) is 15.2. The first-order valence-electron chi connectivity index (χ1n) is 8.36. The number of nitrogens with one attached hydrogen (secondary N) is 1. The maximum absolute atomic E-state index is 13.7. The molecule has 1 aromatic heterocycles. The van der Waals surface area contributed by atoms with Gasteiger partial charge in [-0.1, -0.05) is 36.4 Å². The van der Waals surface area contributed by atoms with Gasteiger partial charge < -0.3 is 15.2 Å². The van der Waals surface area contributed by atoms with E-state index in [1.807, 2.05) is 30.3 Å². The van der Waals surface area contributed by atoms with Crippen LogP contribution in [0.25, 0.3) is 16.8 Å². The number of anilines is 1. The Morgan fingerprint density at radius 3 is 2.52 bits per heavy atom. The molecule has 0 aliphatic heterocycles. The van der Waals surface area contributed by atoms with Gasteiger partial charge in [0.15, 0.2) is 0 Å². The maximum atomic E-state index is 13.7. The summed E-state index contributed by atoms with van der Waals surface area (Å²) < 4.78 is 15.1. The molecule has 0 aliphatic rings. The van der Waals surface area contributed by atoms with Gasteiger partial charge in [0.2, 0.25) is 5.91 Å². The third kappa shape index (κ3) is 4.20. The summed E-state index contributed by atoms with van der Waals surface area (Å²) in [6.45, 7) is 1.79. The highest BCUT2D eigenvalue weighted by Crippen LogP contribution is 2.33. The molecule has 0 radical (unpaired) electrons. The van der Waals surface area contributed by atoms with Gasteiger partial charge in [-0.2, -0.15) is 5.10 Å². The van der Waals surface area contributed by atoms with Crippen molar-refractivity contribution in [3.8, 4) is 16.8 Å². The zero-order chi connectivity index (χ0) is 19.4. The number of carbonyl (C=O) groups is 2. The molecule has 6 nitrogen and oxygen atoms in total. The number of hydrogen-bond donors (Lipinski definition) is 1. The third-order valence-corrected chi connectivity index (χ3v) is 3.99. The van der Waals surface area contributed by atoms with Crippen LogP contribution in [0.1, 0.15) is 18.5 Å². The number of carboxylic acid groups (broad SMARTS) is 1. The van der Waals surface area contributed by atoms with Gasteiger partial charge in [-0.25, -0.2) is 9.07 Å². The van der Waals surface area contributed by atoms with Crippen molar-refractivity contribution in [2.75, 3.05) is 5.32 Å². The summed E-state index contributed by atoms with van der Waals surface area (Å²) in [4.78, 5) is 22.9. The van der Waals surface area contributed by atoms with E-state index >= 15 is 0 Å². The number of aliphatic carboxylic acids is 1. The monoisotopic (exact) mass is 366 g/mol. The fourth-order valence-corrected chi connectivity index (χ4v) is 2.80. The van der Waals surface area contributed by atoms with E-state index in [2.05, 4.69) is 10.4 Å². The summed E-state index contributed by atoms with van der Waals surface area (Å²) in [5.74, 6) is -1.87. The normalized spacial score (nSPS) is 10.6. The lowest BCUT2D eigenvalue weighted by Gasteiger charge is -2.12. The molecule has 2 aromatic carbocycles. The average Bonchev–Trinajstić information content (AvgIpc) is 2.96. The molecule has 138 valence electrons. The van der Waals surface area contributed by atoms with E-state index in [9.17, 15) is 19.1 Å². The van der Waals surface area contributed by atoms with E-state index in [0.29, 0.717) is 22.8 Å². The topological polar surface area (TPSA) is 87.0 Å². The highest BCUT2D eigenvalue weighted by atomic mass is 19.1. The van der Waals surface area contributed by atoms with E-state index in [1.165, 1.54) is 16.8 Å². The Labute approximate surface area is 155 Å². The zero-order valence-electron chi connectivity index (χ0n) is 14.6. The Morgan fingerprint density at radius 1 is 1.11 bits per heavy atom. The van der Waals surface area contributed by atoms with Crippen LogP contribution in [-0.4, -0.2) is 21.7 Å². The molecule has 0 atom stereocenters. The first-order chi connectivity index (χ1) is 13.0. The number of carbonyl (C=O) groups excluding carboxylic acids is 2. The van der Waals surface area contributed by atoms with Gasteiger partial charge in [0.1, 0.15) is 11.6 Å². The molecule has 7 heteroatoms. The lowest BCUT2D eigenvalue weighted by molar-refractivity contribution is -0.305. The molecule has 0 aliphatic carbocycles. The zero-order valence-corrected chi connectivity index (χ0v) is 14.6. The van der Waals surface area contributed by atoms with E-state index in [0.717, 1.165) is 5.56 Å². The Bertz CT molecular complexity index is 983. The molecule has 27 heavy (non-hydrogen) atoms. The van der Waals surface area contributed by atoms with Crippen LogP contribution in [0.4, 0.5) is 10.2 Å². The largest absolute Gasteiger partial charge is 0.550 e. The van der Waals surface area contributed by atoms with Crippen molar-refractivity contribution < 1.29 is 19.1 Å². The minimum absolute atomic E-state index is 0.232. The second-order valence-corrected chi connectivity index (χ2v) is 5.99. The number of nitrogens with zero attached hydrogens (tertiary/aromatic N) is 2. The molecular weight excluding hydrogens is 349 g/mol. The Morgan fingerprint density at radius 2 is 1.85 bits per heavy atom. The Hall–Kier alpha value is -3.48. The lowest BCUT2D eigenvalue weighted by Crippen LogP contribution is -2.24. The van der Waals surface area contributed by atoms with Gasteiger partial charge >= 0.3 is 0 Å². The quantitative estimate of drug-likeness (QED) is 0.726. The first-order valence-corrected chi connectivity index (χ1v) is 8.36. The second kappa shape index (κ2) is 7.82. The van der Waals surface area contributed by atoms with E-state index < -0.39 is 17.7 Å². The standard InChI is InChI=1S/C20H18FN3O3/c1-13-19(14-6-3-2-4-7-14)20(22-17(25)10-11-18(26)27)24(23-13)16-9-5-8-15(21)12-16/h2-9,12H,10-11H2,1H3,(H,22,25)(H,26,27)/p-1. The molecule has 1 amide bonds. The molecule has 0 bridgehead atoms. The van der Waals surface area contributed by atoms with Gasteiger partial charge in [0, 0.05) is 18.0 Å². The summed E-state index contributed by atoms with van der Waals surface area (Å²) in [6.07, 6.45) is -0.621. The number of halogens is 1. The van der Waals surface area contributed by atoms with Crippen LogP contribution in [0, 0.1) is 12.7 Å². The van der Waals surface area contributed by atoms with Gasteiger partial charge in [-0.05, 0) is 37.1 Å². The fraction of sp³-hybridized carbons (Fsp3) is 0.150. The Kier molecular flexibility index (Phi) is 5.30. The summed E-state index contributed by atoms with van der Waals surface area (Å²) >= 11 is 0. The third-order valence-electron chi connectivity index (χ3n) is 3.99. The molecule has 0 saturated heterocycles. The van der Waals surface area contributed by atoms with Crippen molar-refractivity contribution in [2.45, 2.75) is 19.8 Å². The number of carboxylic acids is 1. The van der Waals surface area contributed by atoms with Crippen LogP contribution in [-0.2, 0) is 9.59 Å².